The van der Waals surface area contributed by atoms with Gasteiger partial charge in [0.15, 0.2) is 0 Å². The lowest BCUT2D eigenvalue weighted by Crippen LogP contribution is -2.34. The number of benzene rings is 1. The normalized spacial score (nSPS) is 12.4. The Kier molecular flexibility index (Phi) is 6.44. The van der Waals surface area contributed by atoms with E-state index in [-0.39, 0.29) is 11.9 Å². The summed E-state index contributed by atoms with van der Waals surface area (Å²) < 4.78 is 11.1. The average Bonchev–Trinajstić information content (AvgIpc) is 3.07. The van der Waals surface area contributed by atoms with Crippen molar-refractivity contribution in [3.63, 3.8) is 0 Å². The van der Waals surface area contributed by atoms with E-state index < -0.39 is 0 Å². The van der Waals surface area contributed by atoms with Gasteiger partial charge < -0.3 is 14.5 Å². The molecule has 0 saturated heterocycles. The van der Waals surface area contributed by atoms with E-state index >= 15 is 0 Å². The standard InChI is InChI=1S/C19H26N2O3/c1-14(2)13-24-16-9-7-15(8-10-16)19(22)20-12-17(21(3)4)18-6-5-11-23-18/h5-11,14,17H,12-13H2,1-4H3,(H,20,22)/t17-/m0/s1. The summed E-state index contributed by atoms with van der Waals surface area (Å²) in [7, 11) is 3.92. The SMILES string of the molecule is CC(C)COc1ccc(C(=O)NC[C@@H](c2ccco2)N(C)C)cc1. The highest BCUT2D eigenvalue weighted by Gasteiger charge is 2.18. The maximum atomic E-state index is 12.3. The molecule has 0 saturated carbocycles. The molecule has 2 aromatic rings. The van der Waals surface area contributed by atoms with Crippen LogP contribution in [0.1, 0.15) is 36.0 Å². The average molecular weight is 330 g/mol. The number of carbonyl (C=O) groups is 1. The Bertz CT molecular complexity index is 619. The van der Waals surface area contributed by atoms with Gasteiger partial charge in [0.1, 0.15) is 11.5 Å². The molecule has 0 spiro atoms. The molecule has 5 nitrogen and oxygen atoms in total. The van der Waals surface area contributed by atoms with Crippen LogP contribution in [0.3, 0.4) is 0 Å². The number of rotatable bonds is 8. The fourth-order valence-corrected chi connectivity index (χ4v) is 2.28. The minimum absolute atomic E-state index is 0.00222. The summed E-state index contributed by atoms with van der Waals surface area (Å²) in [6, 6.07) is 11.0. The van der Waals surface area contributed by atoms with Crippen molar-refractivity contribution in [1.29, 1.82) is 0 Å². The van der Waals surface area contributed by atoms with Gasteiger partial charge in [-0.2, -0.15) is 0 Å². The lowest BCUT2D eigenvalue weighted by Gasteiger charge is -2.22. The zero-order valence-corrected chi connectivity index (χ0v) is 14.8. The lowest BCUT2D eigenvalue weighted by atomic mass is 10.1. The van der Waals surface area contributed by atoms with Crippen molar-refractivity contribution in [2.45, 2.75) is 19.9 Å². The van der Waals surface area contributed by atoms with E-state index in [1.54, 1.807) is 18.4 Å². The quantitative estimate of drug-likeness (QED) is 0.806. The Hall–Kier alpha value is -2.27. The van der Waals surface area contributed by atoms with Gasteiger partial charge in [0, 0.05) is 12.1 Å². The Labute approximate surface area is 143 Å². The van der Waals surface area contributed by atoms with E-state index in [9.17, 15) is 4.79 Å². The van der Waals surface area contributed by atoms with E-state index in [4.69, 9.17) is 9.15 Å². The van der Waals surface area contributed by atoms with Crippen LogP contribution in [0.25, 0.3) is 0 Å². The van der Waals surface area contributed by atoms with Gasteiger partial charge in [-0.15, -0.1) is 0 Å². The van der Waals surface area contributed by atoms with E-state index in [1.165, 1.54) is 0 Å². The Morgan fingerprint density at radius 1 is 1.21 bits per heavy atom. The van der Waals surface area contributed by atoms with Crippen molar-refractivity contribution in [2.24, 2.45) is 5.92 Å². The van der Waals surface area contributed by atoms with Crippen LogP contribution < -0.4 is 10.1 Å². The molecular formula is C19H26N2O3. The minimum atomic E-state index is -0.108. The number of furan rings is 1. The van der Waals surface area contributed by atoms with Gasteiger partial charge >= 0.3 is 0 Å². The number of hydrogen-bond acceptors (Lipinski definition) is 4. The number of likely N-dealkylation sites (N-methyl/N-ethyl adjacent to an activating group) is 1. The fraction of sp³-hybridized carbons (Fsp3) is 0.421. The number of hydrogen-bond donors (Lipinski definition) is 1. The maximum absolute atomic E-state index is 12.3. The van der Waals surface area contributed by atoms with Gasteiger partial charge in [-0.05, 0) is 56.4 Å². The van der Waals surface area contributed by atoms with E-state index in [0.717, 1.165) is 11.5 Å². The monoisotopic (exact) mass is 330 g/mol. The summed E-state index contributed by atoms with van der Waals surface area (Å²) >= 11 is 0. The number of amides is 1. The molecule has 130 valence electrons. The number of nitrogens with one attached hydrogen (secondary N) is 1. The van der Waals surface area contributed by atoms with E-state index in [0.29, 0.717) is 24.6 Å². The third-order valence-electron chi connectivity index (χ3n) is 3.65. The molecule has 2 rings (SSSR count). The molecule has 0 bridgehead atoms. The molecule has 1 N–H and O–H groups in total. The number of carbonyl (C=O) groups excluding carboxylic acids is 1. The maximum Gasteiger partial charge on any atom is 0.251 e. The van der Waals surface area contributed by atoms with Crippen LogP contribution in [0.15, 0.2) is 47.1 Å². The molecular weight excluding hydrogens is 304 g/mol. The summed E-state index contributed by atoms with van der Waals surface area (Å²) in [6.45, 7) is 5.34. The van der Waals surface area contributed by atoms with Crippen LogP contribution in [0.5, 0.6) is 5.75 Å². The molecule has 5 heteroatoms. The fourth-order valence-electron chi connectivity index (χ4n) is 2.28. The van der Waals surface area contributed by atoms with Gasteiger partial charge in [-0.3, -0.25) is 9.69 Å². The largest absolute Gasteiger partial charge is 0.493 e. The predicted octanol–water partition coefficient (Wildman–Crippen LogP) is 3.35. The topological polar surface area (TPSA) is 54.7 Å². The molecule has 0 aliphatic heterocycles. The molecule has 0 radical (unpaired) electrons. The van der Waals surface area contributed by atoms with Crippen molar-refractivity contribution in [2.75, 3.05) is 27.2 Å². The van der Waals surface area contributed by atoms with Gasteiger partial charge in [0.2, 0.25) is 0 Å². The first-order valence-electron chi connectivity index (χ1n) is 8.18. The Morgan fingerprint density at radius 3 is 2.46 bits per heavy atom. The van der Waals surface area contributed by atoms with Gasteiger partial charge in [-0.25, -0.2) is 0 Å². The Balaban J connectivity index is 1.92. The summed E-state index contributed by atoms with van der Waals surface area (Å²) in [4.78, 5) is 14.3. The third kappa shape index (κ3) is 5.13. The summed E-state index contributed by atoms with van der Waals surface area (Å²) in [5.41, 5.74) is 0.615. The summed E-state index contributed by atoms with van der Waals surface area (Å²) in [6.07, 6.45) is 1.64. The number of nitrogens with zero attached hydrogens (tertiary/aromatic N) is 1. The first-order valence-corrected chi connectivity index (χ1v) is 8.18. The molecule has 1 heterocycles. The minimum Gasteiger partial charge on any atom is -0.493 e. The van der Waals surface area contributed by atoms with Crippen LogP contribution in [0.2, 0.25) is 0 Å². The van der Waals surface area contributed by atoms with Crippen LogP contribution in [0.4, 0.5) is 0 Å². The van der Waals surface area contributed by atoms with Crippen molar-refractivity contribution in [3.8, 4) is 5.75 Å². The zero-order valence-electron chi connectivity index (χ0n) is 14.8. The smallest absolute Gasteiger partial charge is 0.251 e. The molecule has 24 heavy (non-hydrogen) atoms. The highest BCUT2D eigenvalue weighted by Crippen LogP contribution is 2.18. The molecule has 0 unspecified atom stereocenters. The molecule has 1 atom stereocenters. The van der Waals surface area contributed by atoms with Crippen molar-refractivity contribution in [1.82, 2.24) is 10.2 Å². The van der Waals surface area contributed by atoms with Gasteiger partial charge in [0.25, 0.3) is 5.91 Å². The van der Waals surface area contributed by atoms with E-state index in [1.807, 2.05) is 43.3 Å². The van der Waals surface area contributed by atoms with Crippen LogP contribution >= 0.6 is 0 Å². The summed E-state index contributed by atoms with van der Waals surface area (Å²) in [5.74, 6) is 1.97. The Morgan fingerprint density at radius 2 is 1.92 bits per heavy atom. The second-order valence-corrected chi connectivity index (χ2v) is 6.43. The van der Waals surface area contributed by atoms with Gasteiger partial charge in [-0.1, -0.05) is 13.8 Å². The molecule has 0 aliphatic rings. The van der Waals surface area contributed by atoms with Crippen molar-refractivity contribution in [3.05, 3.63) is 54.0 Å². The van der Waals surface area contributed by atoms with Crippen molar-refractivity contribution < 1.29 is 13.9 Å². The first kappa shape index (κ1) is 18.1. The predicted molar refractivity (Wildman–Crippen MR) is 94.2 cm³/mol. The second-order valence-electron chi connectivity index (χ2n) is 6.43. The molecule has 0 fully saturated rings. The van der Waals surface area contributed by atoms with Gasteiger partial charge in [0.05, 0.1) is 18.9 Å². The molecule has 0 aliphatic carbocycles. The highest BCUT2D eigenvalue weighted by atomic mass is 16.5. The highest BCUT2D eigenvalue weighted by molar-refractivity contribution is 5.94. The first-order chi connectivity index (χ1) is 11.5. The zero-order chi connectivity index (χ0) is 17.5. The molecule has 1 amide bonds. The lowest BCUT2D eigenvalue weighted by molar-refractivity contribution is 0.0939. The van der Waals surface area contributed by atoms with Crippen LogP contribution in [-0.2, 0) is 0 Å². The van der Waals surface area contributed by atoms with Crippen LogP contribution in [0, 0.1) is 5.92 Å². The molecule has 1 aromatic carbocycles. The molecule has 1 aromatic heterocycles. The third-order valence-corrected chi connectivity index (χ3v) is 3.65. The van der Waals surface area contributed by atoms with Crippen molar-refractivity contribution >= 4 is 5.91 Å². The van der Waals surface area contributed by atoms with E-state index in [2.05, 4.69) is 19.2 Å². The number of ether oxygens (including phenoxy) is 1. The van der Waals surface area contributed by atoms with Crippen LogP contribution in [-0.4, -0.2) is 38.1 Å². The summed E-state index contributed by atoms with van der Waals surface area (Å²) in [5, 5.41) is 2.96. The second kappa shape index (κ2) is 8.55.